The maximum atomic E-state index is 12.3. The predicted octanol–water partition coefficient (Wildman–Crippen LogP) is 5.37. The molecule has 0 aliphatic heterocycles. The van der Waals surface area contributed by atoms with Gasteiger partial charge >= 0.3 is 6.36 Å². The molecule has 0 bridgehead atoms. The van der Waals surface area contributed by atoms with E-state index in [-0.39, 0.29) is 17.1 Å². The first-order chi connectivity index (χ1) is 14.3. The molecule has 1 aromatic carbocycles. The fraction of sp³-hybridized carbons (Fsp3) is 0.409. The molecule has 0 radical (unpaired) electrons. The number of ether oxygens (including phenoxy) is 1. The summed E-state index contributed by atoms with van der Waals surface area (Å²) in [5.41, 5.74) is 3.39. The lowest BCUT2D eigenvalue weighted by Crippen LogP contribution is -2.21. The maximum Gasteiger partial charge on any atom is 0.573 e. The van der Waals surface area contributed by atoms with Gasteiger partial charge in [0.25, 0.3) is 0 Å². The monoisotopic (exact) mass is 434 g/mol. The maximum absolute atomic E-state index is 12.3. The van der Waals surface area contributed by atoms with Crippen LogP contribution in [0.2, 0.25) is 0 Å². The number of benzene rings is 1. The highest BCUT2D eigenvalue weighted by molar-refractivity contribution is 5.91. The predicted molar refractivity (Wildman–Crippen MR) is 112 cm³/mol. The number of aromatic nitrogens is 3. The number of nitrogens with one attached hydrogen (secondary N) is 1. The van der Waals surface area contributed by atoms with Crippen LogP contribution in [0.15, 0.2) is 30.3 Å². The van der Waals surface area contributed by atoms with Crippen molar-refractivity contribution in [2.45, 2.75) is 53.9 Å². The van der Waals surface area contributed by atoms with E-state index in [1.165, 1.54) is 12.1 Å². The van der Waals surface area contributed by atoms with Gasteiger partial charge in [-0.2, -0.15) is 0 Å². The van der Waals surface area contributed by atoms with Gasteiger partial charge in [-0.15, -0.1) is 13.2 Å². The number of fused-ring (bicyclic) bond motifs is 1. The van der Waals surface area contributed by atoms with E-state index in [0.29, 0.717) is 35.6 Å². The molecule has 0 aliphatic carbocycles. The molecule has 6 nitrogen and oxygen atoms in total. The van der Waals surface area contributed by atoms with Crippen LogP contribution in [0.25, 0.3) is 11.2 Å². The largest absolute Gasteiger partial charge is 0.573 e. The molecule has 3 rings (SSSR count). The molecule has 3 aromatic rings. The Kier molecular flexibility index (Phi) is 5.98. The molecule has 0 saturated carbocycles. The van der Waals surface area contributed by atoms with E-state index in [2.05, 4.69) is 20.0 Å². The third-order valence-electron chi connectivity index (χ3n) is 4.55. The summed E-state index contributed by atoms with van der Waals surface area (Å²) in [6.07, 6.45) is -4.36. The van der Waals surface area contributed by atoms with Crippen LogP contribution in [0.3, 0.4) is 0 Å². The van der Waals surface area contributed by atoms with E-state index in [4.69, 9.17) is 0 Å². The van der Waals surface area contributed by atoms with Crippen molar-refractivity contribution in [1.82, 2.24) is 14.5 Å². The van der Waals surface area contributed by atoms with E-state index in [1.807, 2.05) is 38.3 Å². The van der Waals surface area contributed by atoms with Gasteiger partial charge in [-0.1, -0.05) is 32.9 Å². The normalized spacial score (nSPS) is 12.3. The summed E-state index contributed by atoms with van der Waals surface area (Å²) >= 11 is 0. The molecule has 31 heavy (non-hydrogen) atoms. The summed E-state index contributed by atoms with van der Waals surface area (Å²) in [5, 5.41) is 2.83. The van der Waals surface area contributed by atoms with Gasteiger partial charge in [-0.05, 0) is 43.0 Å². The number of alkyl halides is 3. The number of carbonyl (C=O) groups is 1. The highest BCUT2D eigenvalue weighted by Crippen LogP contribution is 2.25. The molecular formula is C22H25F3N4O2. The standard InChI is InChI=1S/C22H25F3N4O2/c1-13-10-17-20(26-14(2)19(27-17)28-18(30)11-21(3,4)5)29(13)12-15-6-8-16(9-7-15)31-22(23,24)25/h6-10H,11-12H2,1-5H3,(H,27,28,30). The Labute approximate surface area is 178 Å². The molecule has 0 aliphatic rings. The van der Waals surface area contributed by atoms with Crippen molar-refractivity contribution in [2.24, 2.45) is 5.41 Å². The number of hydrogen-bond acceptors (Lipinski definition) is 4. The number of nitrogens with zero attached hydrogens (tertiary/aromatic N) is 3. The fourth-order valence-corrected chi connectivity index (χ4v) is 3.21. The molecule has 2 aromatic heterocycles. The zero-order valence-electron chi connectivity index (χ0n) is 18.1. The van der Waals surface area contributed by atoms with Crippen LogP contribution in [0.5, 0.6) is 5.75 Å². The van der Waals surface area contributed by atoms with Crippen molar-refractivity contribution >= 4 is 22.9 Å². The van der Waals surface area contributed by atoms with Crippen LogP contribution in [0.4, 0.5) is 19.0 Å². The minimum atomic E-state index is -4.72. The van der Waals surface area contributed by atoms with Crippen molar-refractivity contribution in [3.63, 3.8) is 0 Å². The summed E-state index contributed by atoms with van der Waals surface area (Å²) in [4.78, 5) is 21.5. The van der Waals surface area contributed by atoms with Crippen LogP contribution in [-0.2, 0) is 11.3 Å². The van der Waals surface area contributed by atoms with Crippen LogP contribution in [0, 0.1) is 19.3 Å². The molecule has 0 saturated heterocycles. The number of hydrogen-bond donors (Lipinski definition) is 1. The van der Waals surface area contributed by atoms with Gasteiger partial charge in [0.05, 0.1) is 5.69 Å². The van der Waals surface area contributed by atoms with Gasteiger partial charge in [0.1, 0.15) is 11.3 Å². The SMILES string of the molecule is Cc1nc2c(cc(C)n2Cc2ccc(OC(F)(F)F)cc2)nc1NC(=O)CC(C)(C)C. The number of anilines is 1. The Bertz CT molecular complexity index is 1100. The molecule has 1 N–H and O–H groups in total. The van der Waals surface area contributed by atoms with E-state index >= 15 is 0 Å². The number of carbonyl (C=O) groups excluding carboxylic acids is 1. The molecule has 0 spiro atoms. The molecule has 9 heteroatoms. The molecule has 0 atom stereocenters. The Balaban J connectivity index is 1.83. The van der Waals surface area contributed by atoms with Gasteiger partial charge in [0, 0.05) is 18.7 Å². The third kappa shape index (κ3) is 5.96. The lowest BCUT2D eigenvalue weighted by Gasteiger charge is -2.17. The Morgan fingerprint density at radius 1 is 1.10 bits per heavy atom. The summed E-state index contributed by atoms with van der Waals surface area (Å²) < 4.78 is 42.9. The van der Waals surface area contributed by atoms with Gasteiger partial charge < -0.3 is 14.6 Å². The highest BCUT2D eigenvalue weighted by Gasteiger charge is 2.31. The van der Waals surface area contributed by atoms with Gasteiger partial charge in [-0.3, -0.25) is 4.79 Å². The smallest absolute Gasteiger partial charge is 0.406 e. The van der Waals surface area contributed by atoms with E-state index in [0.717, 1.165) is 11.3 Å². The van der Waals surface area contributed by atoms with Crippen molar-refractivity contribution in [3.05, 3.63) is 47.3 Å². The van der Waals surface area contributed by atoms with Crippen LogP contribution in [-0.4, -0.2) is 26.8 Å². The highest BCUT2D eigenvalue weighted by atomic mass is 19.4. The summed E-state index contributed by atoms with van der Waals surface area (Å²) in [5.74, 6) is 0.0331. The lowest BCUT2D eigenvalue weighted by molar-refractivity contribution is -0.274. The number of amides is 1. The average molecular weight is 434 g/mol. The first-order valence-corrected chi connectivity index (χ1v) is 9.80. The lowest BCUT2D eigenvalue weighted by atomic mass is 9.92. The Morgan fingerprint density at radius 3 is 2.32 bits per heavy atom. The van der Waals surface area contributed by atoms with Gasteiger partial charge in [0.2, 0.25) is 5.91 Å². The second-order valence-electron chi connectivity index (χ2n) is 8.72. The molecule has 1 amide bonds. The first kappa shape index (κ1) is 22.6. The van der Waals surface area contributed by atoms with E-state index < -0.39 is 6.36 Å². The molecule has 0 fully saturated rings. The molecule has 166 valence electrons. The van der Waals surface area contributed by atoms with Crippen molar-refractivity contribution in [3.8, 4) is 5.75 Å². The second kappa shape index (κ2) is 8.20. The van der Waals surface area contributed by atoms with E-state index in [1.54, 1.807) is 19.1 Å². The fourth-order valence-electron chi connectivity index (χ4n) is 3.21. The van der Waals surface area contributed by atoms with Crippen LogP contribution >= 0.6 is 0 Å². The summed E-state index contributed by atoms with van der Waals surface area (Å²) in [6, 6.07) is 7.58. The molecule has 2 heterocycles. The van der Waals surface area contributed by atoms with Crippen molar-refractivity contribution < 1.29 is 22.7 Å². The first-order valence-electron chi connectivity index (χ1n) is 9.80. The molecule has 0 unspecified atom stereocenters. The minimum Gasteiger partial charge on any atom is -0.406 e. The van der Waals surface area contributed by atoms with Crippen LogP contribution in [0.1, 0.15) is 44.1 Å². The quantitative estimate of drug-likeness (QED) is 0.586. The zero-order chi connectivity index (χ0) is 23.0. The summed E-state index contributed by atoms with van der Waals surface area (Å²) in [6.45, 7) is 10.0. The average Bonchev–Trinajstić information content (AvgIpc) is 2.89. The van der Waals surface area contributed by atoms with Gasteiger partial charge in [-0.25, -0.2) is 9.97 Å². The topological polar surface area (TPSA) is 69.0 Å². The number of rotatable bonds is 5. The zero-order valence-corrected chi connectivity index (χ0v) is 18.1. The van der Waals surface area contributed by atoms with E-state index in [9.17, 15) is 18.0 Å². The Morgan fingerprint density at radius 2 is 1.74 bits per heavy atom. The minimum absolute atomic E-state index is 0.124. The number of aryl methyl sites for hydroxylation is 2. The third-order valence-corrected chi connectivity index (χ3v) is 4.55. The van der Waals surface area contributed by atoms with Crippen molar-refractivity contribution in [2.75, 3.05) is 5.32 Å². The second-order valence-corrected chi connectivity index (χ2v) is 8.72. The number of halogens is 3. The molecular weight excluding hydrogens is 409 g/mol. The van der Waals surface area contributed by atoms with Crippen molar-refractivity contribution in [1.29, 1.82) is 0 Å². The Hall–Kier alpha value is -3.10. The van der Waals surface area contributed by atoms with Crippen LogP contribution < -0.4 is 10.1 Å². The van der Waals surface area contributed by atoms with Gasteiger partial charge in [0.15, 0.2) is 11.5 Å². The summed E-state index contributed by atoms with van der Waals surface area (Å²) in [7, 11) is 0.